The van der Waals surface area contributed by atoms with Gasteiger partial charge in [-0.25, -0.2) is 9.97 Å². The molecule has 2 unspecified atom stereocenters. The number of aromatic nitrogens is 2. The van der Waals surface area contributed by atoms with Crippen LogP contribution in [0.15, 0.2) is 53.7 Å². The van der Waals surface area contributed by atoms with Crippen molar-refractivity contribution in [2.75, 3.05) is 44.8 Å². The van der Waals surface area contributed by atoms with Gasteiger partial charge in [-0.3, -0.25) is 13.9 Å². The van der Waals surface area contributed by atoms with Crippen LogP contribution in [0.3, 0.4) is 0 Å². The van der Waals surface area contributed by atoms with E-state index in [1.807, 2.05) is 23.1 Å². The third-order valence-corrected chi connectivity index (χ3v) is 7.64. The van der Waals surface area contributed by atoms with E-state index in [0.717, 1.165) is 22.8 Å². The largest absolute Gasteiger partial charge is 0.383 e. The minimum absolute atomic E-state index is 0.111. The first-order valence-electron chi connectivity index (χ1n) is 11.0. The van der Waals surface area contributed by atoms with Gasteiger partial charge in [0.25, 0.3) is 0 Å². The number of fused-ring (bicyclic) bond motifs is 1. The third kappa shape index (κ3) is 5.51. The van der Waals surface area contributed by atoms with Gasteiger partial charge in [-0.15, -0.1) is 0 Å². The number of piperazine rings is 1. The lowest BCUT2D eigenvalue weighted by atomic mass is 9.95. The summed E-state index contributed by atoms with van der Waals surface area (Å²) in [5.74, 6) is -0.0673. The van der Waals surface area contributed by atoms with Crippen molar-refractivity contribution in [2.45, 2.75) is 17.0 Å². The molecule has 0 radical (unpaired) electrons. The lowest BCUT2D eigenvalue weighted by Crippen LogP contribution is -2.66. The Balaban J connectivity index is 1.51. The average molecular weight is 516 g/mol. The number of benzene rings is 2. The molecule has 0 aliphatic carbocycles. The Hall–Kier alpha value is -2.92. The van der Waals surface area contributed by atoms with Gasteiger partial charge in [-0.05, 0) is 35.9 Å². The number of ether oxygens (including phenoxy) is 1. The van der Waals surface area contributed by atoms with Crippen LogP contribution < -0.4 is 5.73 Å². The van der Waals surface area contributed by atoms with Crippen LogP contribution in [0.4, 0.5) is 5.82 Å². The summed E-state index contributed by atoms with van der Waals surface area (Å²) >= 11 is 5.99. The van der Waals surface area contributed by atoms with Crippen molar-refractivity contribution in [1.82, 2.24) is 19.8 Å². The molecule has 1 saturated heterocycles. The first-order chi connectivity index (χ1) is 16.8. The molecular weight excluding hydrogens is 490 g/mol. The maximum Gasteiger partial charge on any atom is 0.235 e. The molecule has 1 aliphatic rings. The Morgan fingerprint density at radius 2 is 2.09 bits per heavy atom. The SMILES string of the molecule is COCC1(C=O)CN(C(=O)CS(=O)c2cccc(Cl)c2)CCN1Cc1ccc2c(N)ncnc2c1. The number of nitrogen functional groups attached to an aromatic ring is 1. The highest BCUT2D eigenvalue weighted by atomic mass is 35.5. The molecule has 184 valence electrons. The van der Waals surface area contributed by atoms with Crippen molar-refractivity contribution in [1.29, 1.82) is 0 Å². The van der Waals surface area contributed by atoms with Crippen LogP contribution in [0.1, 0.15) is 5.56 Å². The van der Waals surface area contributed by atoms with Gasteiger partial charge < -0.3 is 20.2 Å². The number of hydrogen-bond donors (Lipinski definition) is 1. The third-order valence-electron chi connectivity index (χ3n) is 6.12. The van der Waals surface area contributed by atoms with Crippen LogP contribution in [-0.4, -0.2) is 80.8 Å². The molecule has 2 N–H and O–H groups in total. The van der Waals surface area contributed by atoms with Crippen LogP contribution in [0.25, 0.3) is 10.9 Å². The Labute approximate surface area is 210 Å². The molecule has 4 rings (SSSR count). The molecule has 11 heteroatoms. The summed E-state index contributed by atoms with van der Waals surface area (Å²) in [6.45, 7) is 1.55. The number of amides is 1. The zero-order valence-corrected chi connectivity index (χ0v) is 20.8. The highest BCUT2D eigenvalue weighted by Crippen LogP contribution is 2.26. The fourth-order valence-corrected chi connectivity index (χ4v) is 5.61. The number of rotatable bonds is 8. The number of anilines is 1. The summed E-state index contributed by atoms with van der Waals surface area (Å²) in [4.78, 5) is 37.8. The summed E-state index contributed by atoms with van der Waals surface area (Å²) in [6.07, 6.45) is 2.25. The van der Waals surface area contributed by atoms with Gasteiger partial charge in [0, 0.05) is 48.6 Å². The maximum absolute atomic E-state index is 13.0. The normalized spacial score (nSPS) is 19.5. The number of methoxy groups -OCH3 is 1. The van der Waals surface area contributed by atoms with Crippen molar-refractivity contribution in [3.05, 3.63) is 59.4 Å². The molecule has 0 bridgehead atoms. The zero-order chi connectivity index (χ0) is 25.0. The van der Waals surface area contributed by atoms with Gasteiger partial charge in [0.1, 0.15) is 29.7 Å². The van der Waals surface area contributed by atoms with E-state index in [-0.39, 0.29) is 24.8 Å². The van der Waals surface area contributed by atoms with E-state index in [4.69, 9.17) is 22.1 Å². The van der Waals surface area contributed by atoms with E-state index in [9.17, 15) is 13.8 Å². The quantitative estimate of drug-likeness (QED) is 0.452. The van der Waals surface area contributed by atoms with Crippen molar-refractivity contribution >= 4 is 51.3 Å². The summed E-state index contributed by atoms with van der Waals surface area (Å²) in [5.41, 5.74) is 6.55. The number of aldehydes is 1. The topological polar surface area (TPSA) is 119 Å². The van der Waals surface area contributed by atoms with Crippen LogP contribution >= 0.6 is 11.6 Å². The minimum atomic E-state index is -1.54. The number of nitrogens with two attached hydrogens (primary N) is 1. The van der Waals surface area contributed by atoms with E-state index in [1.54, 1.807) is 29.2 Å². The van der Waals surface area contributed by atoms with Crippen LogP contribution in [0.2, 0.25) is 5.02 Å². The second kappa shape index (κ2) is 10.8. The van der Waals surface area contributed by atoms with E-state index in [2.05, 4.69) is 9.97 Å². The van der Waals surface area contributed by atoms with Crippen molar-refractivity contribution in [3.63, 3.8) is 0 Å². The monoisotopic (exact) mass is 515 g/mol. The molecule has 1 fully saturated rings. The van der Waals surface area contributed by atoms with Crippen molar-refractivity contribution in [2.24, 2.45) is 0 Å². The van der Waals surface area contributed by atoms with Crippen LogP contribution in [-0.2, 0) is 31.7 Å². The smallest absolute Gasteiger partial charge is 0.235 e. The summed E-state index contributed by atoms with van der Waals surface area (Å²) in [5, 5.41) is 1.22. The van der Waals surface area contributed by atoms with Gasteiger partial charge >= 0.3 is 0 Å². The molecule has 1 amide bonds. The van der Waals surface area contributed by atoms with E-state index >= 15 is 0 Å². The van der Waals surface area contributed by atoms with E-state index in [0.29, 0.717) is 35.4 Å². The number of carbonyl (C=O) groups excluding carboxylic acids is 2. The molecule has 2 aromatic carbocycles. The molecule has 0 spiro atoms. The molecule has 2 heterocycles. The summed E-state index contributed by atoms with van der Waals surface area (Å²) in [7, 11) is -0.0208. The molecular formula is C24H26ClN5O4S. The fraction of sp³-hybridized carbons (Fsp3) is 0.333. The van der Waals surface area contributed by atoms with E-state index < -0.39 is 16.3 Å². The Morgan fingerprint density at radius 3 is 2.83 bits per heavy atom. The van der Waals surface area contributed by atoms with E-state index in [1.165, 1.54) is 13.4 Å². The Kier molecular flexibility index (Phi) is 7.75. The molecule has 2 atom stereocenters. The maximum atomic E-state index is 13.0. The first kappa shape index (κ1) is 25.2. The van der Waals surface area contributed by atoms with Crippen LogP contribution in [0.5, 0.6) is 0 Å². The fourth-order valence-electron chi connectivity index (χ4n) is 4.29. The zero-order valence-electron chi connectivity index (χ0n) is 19.2. The highest BCUT2D eigenvalue weighted by Gasteiger charge is 2.43. The van der Waals surface area contributed by atoms with Crippen molar-refractivity contribution < 1.29 is 18.5 Å². The Bertz CT molecular complexity index is 1280. The molecule has 9 nitrogen and oxygen atoms in total. The Morgan fingerprint density at radius 1 is 1.26 bits per heavy atom. The average Bonchev–Trinajstić information content (AvgIpc) is 2.85. The predicted molar refractivity (Wildman–Crippen MR) is 134 cm³/mol. The molecule has 3 aromatic rings. The summed E-state index contributed by atoms with van der Waals surface area (Å²) in [6, 6.07) is 12.4. The molecule has 35 heavy (non-hydrogen) atoms. The highest BCUT2D eigenvalue weighted by molar-refractivity contribution is 7.85. The minimum Gasteiger partial charge on any atom is -0.383 e. The van der Waals surface area contributed by atoms with Gasteiger partial charge in [0.2, 0.25) is 5.91 Å². The standard InChI is InChI=1S/C24H26ClN5O4S/c1-34-15-24(14-31)13-29(22(32)12-35(33)19-4-2-3-18(25)10-19)7-8-30(24)11-17-5-6-20-21(9-17)27-16-28-23(20)26/h2-6,9-10,14,16H,7-8,11-13,15H2,1H3,(H2,26,27,28). The van der Waals surface area contributed by atoms with Gasteiger partial charge in [0.15, 0.2) is 0 Å². The molecule has 0 saturated carbocycles. The number of hydrogen-bond acceptors (Lipinski definition) is 8. The van der Waals surface area contributed by atoms with Crippen LogP contribution in [0, 0.1) is 0 Å². The number of carbonyl (C=O) groups is 2. The second-order valence-corrected chi connectivity index (χ2v) is 10.3. The number of nitrogens with zero attached hydrogens (tertiary/aromatic N) is 4. The van der Waals surface area contributed by atoms with Gasteiger partial charge in [0.05, 0.1) is 22.9 Å². The predicted octanol–water partition coefficient (Wildman–Crippen LogP) is 1.90. The molecule has 1 aliphatic heterocycles. The second-order valence-electron chi connectivity index (χ2n) is 8.45. The van der Waals surface area contributed by atoms with Gasteiger partial charge in [-0.2, -0.15) is 0 Å². The first-order valence-corrected chi connectivity index (χ1v) is 12.7. The lowest BCUT2D eigenvalue weighted by Gasteiger charge is -2.47. The lowest BCUT2D eigenvalue weighted by molar-refractivity contribution is -0.141. The van der Waals surface area contributed by atoms with Crippen molar-refractivity contribution in [3.8, 4) is 0 Å². The number of halogens is 1. The molecule has 1 aromatic heterocycles. The summed E-state index contributed by atoms with van der Waals surface area (Å²) < 4.78 is 18.1. The van der Waals surface area contributed by atoms with Gasteiger partial charge in [-0.1, -0.05) is 23.7 Å².